The van der Waals surface area contributed by atoms with E-state index in [0.717, 1.165) is 6.07 Å². The molecule has 0 unspecified atom stereocenters. The van der Waals surface area contributed by atoms with E-state index in [2.05, 4.69) is 4.74 Å². The molecule has 0 heterocycles. The predicted molar refractivity (Wildman–Crippen MR) is 68.5 cm³/mol. The maximum Gasteiger partial charge on any atom is 0.387 e. The van der Waals surface area contributed by atoms with E-state index >= 15 is 0 Å². The molecule has 0 radical (unpaired) electrons. The lowest BCUT2D eigenvalue weighted by atomic mass is 10.1. The summed E-state index contributed by atoms with van der Waals surface area (Å²) in [6.45, 7) is -3.02. The van der Waals surface area contributed by atoms with Crippen molar-refractivity contribution in [2.75, 3.05) is 0 Å². The molecule has 19 heavy (non-hydrogen) atoms. The number of hydrogen-bond donors (Lipinski definition) is 0. The van der Waals surface area contributed by atoms with Crippen LogP contribution in [0, 0.1) is 5.82 Å². The minimum atomic E-state index is -3.02. The maximum absolute atomic E-state index is 13.4. The van der Waals surface area contributed by atoms with Crippen molar-refractivity contribution in [2.45, 2.75) is 6.61 Å². The van der Waals surface area contributed by atoms with Gasteiger partial charge in [-0.15, -0.1) is 0 Å². The first-order chi connectivity index (χ1) is 8.95. The first kappa shape index (κ1) is 14.0. The first-order valence-electron chi connectivity index (χ1n) is 5.16. The predicted octanol–water partition coefficient (Wildman–Crippen LogP) is 5.40. The molecule has 0 fully saturated rings. The second-order valence-electron chi connectivity index (χ2n) is 3.68. The van der Waals surface area contributed by atoms with Gasteiger partial charge in [0.15, 0.2) is 0 Å². The second-order valence-corrected chi connectivity index (χ2v) is 4.52. The van der Waals surface area contributed by atoms with Crippen LogP contribution in [-0.2, 0) is 0 Å². The Morgan fingerprint density at radius 2 is 1.74 bits per heavy atom. The summed E-state index contributed by atoms with van der Waals surface area (Å²) < 4.78 is 41.8. The Hall–Kier alpha value is -1.39. The second kappa shape index (κ2) is 5.72. The summed E-state index contributed by atoms with van der Waals surface area (Å²) in [5.74, 6) is -0.963. The Morgan fingerprint density at radius 3 is 2.37 bits per heavy atom. The lowest BCUT2D eigenvalue weighted by Crippen LogP contribution is -2.02. The zero-order chi connectivity index (χ0) is 14.0. The van der Waals surface area contributed by atoms with E-state index in [1.54, 1.807) is 12.1 Å². The van der Waals surface area contributed by atoms with E-state index in [4.69, 9.17) is 23.2 Å². The van der Waals surface area contributed by atoms with Crippen molar-refractivity contribution >= 4 is 23.2 Å². The van der Waals surface area contributed by atoms with Crippen molar-refractivity contribution in [1.82, 2.24) is 0 Å². The van der Waals surface area contributed by atoms with Crippen molar-refractivity contribution in [3.63, 3.8) is 0 Å². The number of ether oxygens (including phenoxy) is 1. The molecule has 0 saturated carbocycles. The average molecular weight is 307 g/mol. The molecule has 0 spiro atoms. The molecule has 0 atom stereocenters. The van der Waals surface area contributed by atoms with E-state index in [-0.39, 0.29) is 5.75 Å². The third kappa shape index (κ3) is 3.55. The Kier molecular flexibility index (Phi) is 4.22. The summed E-state index contributed by atoms with van der Waals surface area (Å²) in [5.41, 5.74) is 0.807. The molecule has 0 aromatic heterocycles. The van der Waals surface area contributed by atoms with Crippen LogP contribution in [0.3, 0.4) is 0 Å². The average Bonchev–Trinajstić information content (AvgIpc) is 2.26. The fourth-order valence-electron chi connectivity index (χ4n) is 1.61. The summed E-state index contributed by atoms with van der Waals surface area (Å²) in [5, 5.41) is 0.718. The maximum atomic E-state index is 13.4. The van der Waals surface area contributed by atoms with Gasteiger partial charge in [-0.1, -0.05) is 29.3 Å². The smallest absolute Gasteiger partial charge is 0.387 e. The van der Waals surface area contributed by atoms with Crippen molar-refractivity contribution in [3.05, 3.63) is 52.3 Å². The van der Waals surface area contributed by atoms with Crippen LogP contribution in [0.4, 0.5) is 13.2 Å². The van der Waals surface area contributed by atoms with Gasteiger partial charge in [0.05, 0.1) is 0 Å². The van der Waals surface area contributed by atoms with Crippen molar-refractivity contribution in [1.29, 1.82) is 0 Å². The summed E-state index contributed by atoms with van der Waals surface area (Å²) in [6.07, 6.45) is 0. The molecular formula is C13H7Cl2F3O. The number of hydrogen-bond acceptors (Lipinski definition) is 1. The zero-order valence-corrected chi connectivity index (χ0v) is 10.9. The third-order valence-corrected chi connectivity index (χ3v) is 2.89. The number of rotatable bonds is 3. The molecule has 2 aromatic rings. The third-order valence-electron chi connectivity index (χ3n) is 2.34. The van der Waals surface area contributed by atoms with Gasteiger partial charge in [-0.2, -0.15) is 8.78 Å². The van der Waals surface area contributed by atoms with Crippen LogP contribution < -0.4 is 4.74 Å². The molecule has 0 amide bonds. The monoisotopic (exact) mass is 306 g/mol. The van der Waals surface area contributed by atoms with Crippen LogP contribution in [0.1, 0.15) is 0 Å². The molecule has 0 aliphatic carbocycles. The highest BCUT2D eigenvalue weighted by Crippen LogP contribution is 2.33. The van der Waals surface area contributed by atoms with Crippen LogP contribution >= 0.6 is 23.2 Å². The van der Waals surface area contributed by atoms with Gasteiger partial charge in [0.1, 0.15) is 11.6 Å². The molecular weight excluding hydrogens is 300 g/mol. The fraction of sp³-hybridized carbons (Fsp3) is 0.0769. The molecule has 0 aliphatic heterocycles. The van der Waals surface area contributed by atoms with Crippen LogP contribution in [0.25, 0.3) is 11.1 Å². The summed E-state index contributed by atoms with van der Waals surface area (Å²) in [6, 6.07) is 7.96. The normalized spacial score (nSPS) is 10.8. The summed E-state index contributed by atoms with van der Waals surface area (Å²) in [4.78, 5) is 0. The van der Waals surface area contributed by atoms with Gasteiger partial charge in [-0.05, 0) is 29.8 Å². The van der Waals surface area contributed by atoms with Crippen molar-refractivity contribution in [2.24, 2.45) is 0 Å². The number of benzene rings is 2. The molecule has 0 saturated heterocycles. The van der Waals surface area contributed by atoms with Gasteiger partial charge in [0.2, 0.25) is 0 Å². The van der Waals surface area contributed by atoms with Crippen molar-refractivity contribution < 1.29 is 17.9 Å². The minimum Gasteiger partial charge on any atom is -0.435 e. The van der Waals surface area contributed by atoms with Gasteiger partial charge in [-0.25, -0.2) is 4.39 Å². The van der Waals surface area contributed by atoms with Gasteiger partial charge in [0, 0.05) is 21.7 Å². The van der Waals surface area contributed by atoms with E-state index in [1.807, 2.05) is 0 Å². The lowest BCUT2D eigenvalue weighted by Gasteiger charge is -2.09. The molecule has 0 N–H and O–H groups in total. The lowest BCUT2D eigenvalue weighted by molar-refractivity contribution is -0.0499. The quantitative estimate of drug-likeness (QED) is 0.737. The molecule has 0 bridgehead atoms. The highest BCUT2D eigenvalue weighted by Gasteiger charge is 2.11. The summed E-state index contributed by atoms with van der Waals surface area (Å²) in [7, 11) is 0. The molecule has 100 valence electrons. The Morgan fingerprint density at radius 1 is 1.00 bits per heavy atom. The van der Waals surface area contributed by atoms with Crippen molar-refractivity contribution in [3.8, 4) is 16.9 Å². The number of halogens is 5. The molecule has 2 rings (SSSR count). The Bertz CT molecular complexity index is 602. The topological polar surface area (TPSA) is 9.23 Å². The van der Waals surface area contributed by atoms with Gasteiger partial charge >= 0.3 is 6.61 Å². The first-order valence-corrected chi connectivity index (χ1v) is 5.92. The van der Waals surface area contributed by atoms with Crippen LogP contribution in [-0.4, -0.2) is 6.61 Å². The van der Waals surface area contributed by atoms with Gasteiger partial charge < -0.3 is 4.74 Å². The van der Waals surface area contributed by atoms with Crippen LogP contribution in [0.15, 0.2) is 36.4 Å². The molecule has 6 heteroatoms. The fourth-order valence-corrected chi connectivity index (χ4v) is 2.13. The summed E-state index contributed by atoms with van der Waals surface area (Å²) >= 11 is 11.7. The largest absolute Gasteiger partial charge is 0.435 e. The van der Waals surface area contributed by atoms with Gasteiger partial charge in [0.25, 0.3) is 0 Å². The van der Waals surface area contributed by atoms with Gasteiger partial charge in [-0.3, -0.25) is 0 Å². The standard InChI is InChI=1S/C13H7Cl2F3O/c14-8-1-2-11(12(15)5-8)7-3-9(16)6-10(4-7)19-13(17)18/h1-6,13H. The molecule has 2 aromatic carbocycles. The number of alkyl halides is 2. The SMILES string of the molecule is Fc1cc(OC(F)F)cc(-c2ccc(Cl)cc2Cl)c1. The molecule has 1 nitrogen and oxygen atoms in total. The van der Waals surface area contributed by atoms with Crippen LogP contribution in [0.2, 0.25) is 10.0 Å². The zero-order valence-electron chi connectivity index (χ0n) is 9.34. The highest BCUT2D eigenvalue weighted by molar-refractivity contribution is 6.36. The van der Waals surface area contributed by atoms with E-state index in [1.165, 1.54) is 18.2 Å². The van der Waals surface area contributed by atoms with Crippen LogP contribution in [0.5, 0.6) is 5.75 Å². The molecule has 0 aliphatic rings. The Balaban J connectivity index is 2.46. The van der Waals surface area contributed by atoms with E-state index in [0.29, 0.717) is 21.2 Å². The highest BCUT2D eigenvalue weighted by atomic mass is 35.5. The minimum absolute atomic E-state index is 0.268. The van der Waals surface area contributed by atoms with E-state index in [9.17, 15) is 13.2 Å². The van der Waals surface area contributed by atoms with E-state index < -0.39 is 12.4 Å². The Labute approximate surface area is 117 Å².